The molecule has 0 unspecified atom stereocenters. The minimum absolute atomic E-state index is 0.704. The lowest BCUT2D eigenvalue weighted by Gasteiger charge is -2.09. The number of hydrogen-bond acceptors (Lipinski definition) is 3. The topological polar surface area (TPSA) is 48.1 Å². The third-order valence-electron chi connectivity index (χ3n) is 2.56. The highest BCUT2D eigenvalue weighted by Crippen LogP contribution is 2.30. The monoisotopic (exact) mass is 214 g/mol. The summed E-state index contributed by atoms with van der Waals surface area (Å²) < 4.78 is 5.12. The fraction of sp³-hybridized carbons (Fsp3) is 0.154. The Morgan fingerprint density at radius 1 is 1.19 bits per heavy atom. The summed E-state index contributed by atoms with van der Waals surface area (Å²) in [5.41, 5.74) is 9.72. The maximum Gasteiger partial charge on any atom is 0.120 e. The molecule has 3 nitrogen and oxygen atoms in total. The van der Waals surface area contributed by atoms with Gasteiger partial charge in [0.05, 0.1) is 7.11 Å². The number of anilines is 1. The summed E-state index contributed by atoms with van der Waals surface area (Å²) in [5, 5.41) is 0. The number of hydrogen-bond donors (Lipinski definition) is 1. The number of aromatic nitrogens is 1. The quantitative estimate of drug-likeness (QED) is 0.782. The van der Waals surface area contributed by atoms with Gasteiger partial charge in [-0.05, 0) is 25.1 Å². The number of ether oxygens (including phenoxy) is 1. The molecule has 0 radical (unpaired) electrons. The highest BCUT2D eigenvalue weighted by molar-refractivity contribution is 5.78. The van der Waals surface area contributed by atoms with Crippen molar-refractivity contribution in [2.45, 2.75) is 6.92 Å². The number of aryl methyl sites for hydroxylation is 1. The summed E-state index contributed by atoms with van der Waals surface area (Å²) in [5.74, 6) is 0.766. The van der Waals surface area contributed by atoms with Crippen molar-refractivity contribution in [2.24, 2.45) is 0 Å². The minimum Gasteiger partial charge on any atom is -0.497 e. The Kier molecular flexibility index (Phi) is 2.77. The van der Waals surface area contributed by atoms with Crippen LogP contribution in [0.1, 0.15) is 5.69 Å². The van der Waals surface area contributed by atoms with E-state index < -0.39 is 0 Å². The van der Waals surface area contributed by atoms with Gasteiger partial charge in [0.1, 0.15) is 5.75 Å². The molecule has 0 spiro atoms. The number of nitrogen functional groups attached to an aromatic ring is 1. The molecule has 0 aliphatic rings. The van der Waals surface area contributed by atoms with Crippen LogP contribution in [-0.4, -0.2) is 12.1 Å². The van der Waals surface area contributed by atoms with Crippen molar-refractivity contribution in [2.75, 3.05) is 12.8 Å². The van der Waals surface area contributed by atoms with Crippen LogP contribution in [0.3, 0.4) is 0 Å². The second-order valence-electron chi connectivity index (χ2n) is 3.59. The van der Waals surface area contributed by atoms with Gasteiger partial charge in [0.15, 0.2) is 0 Å². The van der Waals surface area contributed by atoms with Crippen LogP contribution < -0.4 is 10.5 Å². The molecule has 0 aliphatic heterocycles. The Bertz CT molecular complexity index is 509. The Hall–Kier alpha value is -2.03. The molecule has 0 aliphatic carbocycles. The van der Waals surface area contributed by atoms with Gasteiger partial charge >= 0.3 is 0 Å². The predicted molar refractivity (Wildman–Crippen MR) is 65.4 cm³/mol. The molecule has 16 heavy (non-hydrogen) atoms. The van der Waals surface area contributed by atoms with Gasteiger partial charge in [0, 0.05) is 34.8 Å². The Labute approximate surface area is 94.9 Å². The highest BCUT2D eigenvalue weighted by Gasteiger charge is 2.06. The van der Waals surface area contributed by atoms with Gasteiger partial charge in [-0.25, -0.2) is 0 Å². The maximum absolute atomic E-state index is 5.99. The van der Waals surface area contributed by atoms with Crippen molar-refractivity contribution in [3.63, 3.8) is 0 Å². The van der Waals surface area contributed by atoms with Crippen LogP contribution in [0, 0.1) is 6.92 Å². The van der Waals surface area contributed by atoms with Crippen LogP contribution in [0.25, 0.3) is 11.1 Å². The van der Waals surface area contributed by atoms with Crippen molar-refractivity contribution in [3.8, 4) is 16.9 Å². The van der Waals surface area contributed by atoms with E-state index in [9.17, 15) is 0 Å². The van der Waals surface area contributed by atoms with Crippen molar-refractivity contribution >= 4 is 5.69 Å². The van der Waals surface area contributed by atoms with Gasteiger partial charge < -0.3 is 10.5 Å². The number of nitrogens with zero attached hydrogens (tertiary/aromatic N) is 1. The average Bonchev–Trinajstić information content (AvgIpc) is 2.30. The van der Waals surface area contributed by atoms with E-state index in [-0.39, 0.29) is 0 Å². The Morgan fingerprint density at radius 2 is 2.00 bits per heavy atom. The average molecular weight is 214 g/mol. The van der Waals surface area contributed by atoms with E-state index in [1.807, 2.05) is 37.3 Å². The predicted octanol–water partition coefficient (Wildman–Crippen LogP) is 2.65. The molecule has 3 heteroatoms. The number of rotatable bonds is 2. The lowest BCUT2D eigenvalue weighted by atomic mass is 10.0. The summed E-state index contributed by atoms with van der Waals surface area (Å²) in [4.78, 5) is 4.25. The van der Waals surface area contributed by atoms with Gasteiger partial charge in [-0.1, -0.05) is 6.07 Å². The van der Waals surface area contributed by atoms with Crippen molar-refractivity contribution < 1.29 is 4.74 Å². The molecule has 1 aromatic carbocycles. The summed E-state index contributed by atoms with van der Waals surface area (Å²) in [6, 6.07) is 9.60. The normalized spacial score (nSPS) is 10.1. The van der Waals surface area contributed by atoms with Crippen LogP contribution in [0.5, 0.6) is 5.75 Å². The maximum atomic E-state index is 5.99. The zero-order valence-corrected chi connectivity index (χ0v) is 9.40. The van der Waals surface area contributed by atoms with Crippen LogP contribution in [0.15, 0.2) is 36.5 Å². The van der Waals surface area contributed by atoms with Crippen LogP contribution >= 0.6 is 0 Å². The van der Waals surface area contributed by atoms with E-state index in [1.165, 1.54) is 0 Å². The van der Waals surface area contributed by atoms with E-state index in [0.717, 1.165) is 22.6 Å². The molecule has 2 rings (SSSR count). The van der Waals surface area contributed by atoms with Crippen LogP contribution in [0.4, 0.5) is 5.69 Å². The minimum atomic E-state index is 0.704. The fourth-order valence-corrected chi connectivity index (χ4v) is 1.68. The van der Waals surface area contributed by atoms with E-state index in [1.54, 1.807) is 13.3 Å². The number of nitrogens with two attached hydrogens (primary N) is 1. The molecule has 0 amide bonds. The smallest absolute Gasteiger partial charge is 0.120 e. The summed E-state index contributed by atoms with van der Waals surface area (Å²) in [6.45, 7) is 1.97. The van der Waals surface area contributed by atoms with Crippen LogP contribution in [0.2, 0.25) is 0 Å². The first-order chi connectivity index (χ1) is 7.72. The van der Waals surface area contributed by atoms with E-state index >= 15 is 0 Å². The molecular weight excluding hydrogens is 200 g/mol. The molecule has 1 aromatic heterocycles. The Morgan fingerprint density at radius 3 is 2.62 bits per heavy atom. The van der Waals surface area contributed by atoms with E-state index in [4.69, 9.17) is 10.5 Å². The van der Waals surface area contributed by atoms with Crippen molar-refractivity contribution in [1.29, 1.82) is 0 Å². The third kappa shape index (κ3) is 1.84. The van der Waals surface area contributed by atoms with Crippen molar-refractivity contribution in [3.05, 3.63) is 42.2 Å². The van der Waals surface area contributed by atoms with Crippen molar-refractivity contribution in [1.82, 2.24) is 4.98 Å². The van der Waals surface area contributed by atoms with Gasteiger partial charge in [0.2, 0.25) is 0 Å². The molecule has 0 fully saturated rings. The summed E-state index contributed by atoms with van der Waals surface area (Å²) in [7, 11) is 1.63. The number of pyridine rings is 1. The molecule has 0 bridgehead atoms. The SMILES string of the molecule is COc1ccc(-c2cccnc2C)c(N)c1. The van der Waals surface area contributed by atoms with Gasteiger partial charge in [-0.15, -0.1) is 0 Å². The molecule has 0 saturated carbocycles. The fourth-order valence-electron chi connectivity index (χ4n) is 1.68. The van der Waals surface area contributed by atoms with Gasteiger partial charge in [-0.2, -0.15) is 0 Å². The second-order valence-corrected chi connectivity index (χ2v) is 3.59. The van der Waals surface area contributed by atoms with Gasteiger partial charge in [-0.3, -0.25) is 4.98 Å². The number of benzene rings is 1. The lowest BCUT2D eigenvalue weighted by molar-refractivity contribution is 0.415. The molecule has 82 valence electrons. The number of methoxy groups -OCH3 is 1. The van der Waals surface area contributed by atoms with Gasteiger partial charge in [0.25, 0.3) is 0 Å². The van der Waals surface area contributed by atoms with E-state index in [0.29, 0.717) is 5.69 Å². The standard InChI is InChI=1S/C13H14N2O/c1-9-11(4-3-7-15-9)12-6-5-10(16-2)8-13(12)14/h3-8H,14H2,1-2H3. The second kappa shape index (κ2) is 4.23. The molecule has 2 N–H and O–H groups in total. The zero-order chi connectivity index (χ0) is 11.5. The zero-order valence-electron chi connectivity index (χ0n) is 9.40. The van der Waals surface area contributed by atoms with E-state index in [2.05, 4.69) is 4.98 Å². The molecule has 1 heterocycles. The largest absolute Gasteiger partial charge is 0.497 e. The van der Waals surface area contributed by atoms with Crippen LogP contribution in [-0.2, 0) is 0 Å². The summed E-state index contributed by atoms with van der Waals surface area (Å²) in [6.07, 6.45) is 1.78. The molecular formula is C13H14N2O. The molecule has 0 saturated heterocycles. The first-order valence-corrected chi connectivity index (χ1v) is 5.08. The third-order valence-corrected chi connectivity index (χ3v) is 2.56. The molecule has 0 atom stereocenters. The first-order valence-electron chi connectivity index (χ1n) is 5.08. The first kappa shape index (κ1) is 10.5. The highest BCUT2D eigenvalue weighted by atomic mass is 16.5. The Balaban J connectivity index is 2.53. The lowest BCUT2D eigenvalue weighted by Crippen LogP contribution is -1.94. The molecule has 2 aromatic rings. The summed E-state index contributed by atoms with van der Waals surface area (Å²) >= 11 is 0.